The number of aromatic nitrogens is 3. The molecule has 2 heterocycles. The number of nitrogens with zero attached hydrogens (tertiary/aromatic N) is 2. The van der Waals surface area contributed by atoms with Crippen LogP contribution >= 0.6 is 0 Å². The molecule has 0 aliphatic heterocycles. The van der Waals surface area contributed by atoms with Crippen LogP contribution in [0, 0.1) is 11.8 Å². The van der Waals surface area contributed by atoms with Gasteiger partial charge >= 0.3 is 0 Å². The van der Waals surface area contributed by atoms with Gasteiger partial charge in [-0.2, -0.15) is 4.98 Å². The van der Waals surface area contributed by atoms with E-state index >= 15 is 0 Å². The summed E-state index contributed by atoms with van der Waals surface area (Å²) in [5, 5.41) is 0.929. The first-order valence-corrected chi connectivity index (χ1v) is 5.39. The summed E-state index contributed by atoms with van der Waals surface area (Å²) in [6, 6.07) is 0. The zero-order valence-electron chi connectivity index (χ0n) is 9.25. The molecule has 16 heavy (non-hydrogen) atoms. The van der Waals surface area contributed by atoms with Gasteiger partial charge in [0.15, 0.2) is 0 Å². The van der Waals surface area contributed by atoms with Crippen LogP contribution in [-0.2, 0) is 0 Å². The van der Waals surface area contributed by atoms with Crippen LogP contribution in [0.1, 0.15) is 31.7 Å². The number of unbranched alkanes of at least 4 members (excludes halogenated alkanes) is 2. The van der Waals surface area contributed by atoms with Gasteiger partial charge in [0.1, 0.15) is 5.65 Å². The van der Waals surface area contributed by atoms with E-state index in [-0.39, 0.29) is 5.95 Å². The first-order chi connectivity index (χ1) is 7.81. The molecule has 0 aliphatic rings. The maximum atomic E-state index is 5.49. The lowest BCUT2D eigenvalue weighted by molar-refractivity contribution is 0.828. The fraction of sp³-hybridized carbons (Fsp3) is 0.333. The van der Waals surface area contributed by atoms with Crippen LogP contribution in [0.4, 0.5) is 5.95 Å². The molecule has 2 aromatic heterocycles. The van der Waals surface area contributed by atoms with Crippen molar-refractivity contribution in [1.82, 2.24) is 15.0 Å². The molecule has 4 heteroatoms. The Morgan fingerprint density at radius 2 is 2.38 bits per heavy atom. The van der Waals surface area contributed by atoms with Gasteiger partial charge in [0.25, 0.3) is 0 Å². The second kappa shape index (κ2) is 4.67. The normalized spacial score (nSPS) is 10.1. The van der Waals surface area contributed by atoms with Gasteiger partial charge in [0.2, 0.25) is 5.95 Å². The zero-order valence-corrected chi connectivity index (χ0v) is 9.25. The Hall–Kier alpha value is -2.02. The number of rotatable bonds is 2. The fourth-order valence-electron chi connectivity index (χ4n) is 1.45. The molecule has 2 aromatic rings. The third-order valence-corrected chi connectivity index (χ3v) is 2.33. The number of H-pyrrole nitrogens is 1. The van der Waals surface area contributed by atoms with Crippen LogP contribution in [-0.4, -0.2) is 15.0 Å². The smallest absolute Gasteiger partial charge is 0.221 e. The van der Waals surface area contributed by atoms with Crippen LogP contribution in [0.3, 0.4) is 0 Å². The molecule has 0 saturated heterocycles. The van der Waals surface area contributed by atoms with Gasteiger partial charge in [-0.1, -0.05) is 25.2 Å². The van der Waals surface area contributed by atoms with E-state index in [1.54, 1.807) is 6.20 Å². The number of nitrogen functional groups attached to an aromatic ring is 1. The molecular weight excluding hydrogens is 200 g/mol. The number of aromatic amines is 1. The van der Waals surface area contributed by atoms with Crippen molar-refractivity contribution in [3.05, 3.63) is 18.0 Å². The third kappa shape index (κ3) is 2.14. The summed E-state index contributed by atoms with van der Waals surface area (Å²) in [6.07, 6.45) is 6.79. The quantitative estimate of drug-likeness (QED) is 0.594. The minimum Gasteiger partial charge on any atom is -0.368 e. The second-order valence-corrected chi connectivity index (χ2v) is 3.60. The molecule has 0 amide bonds. The number of hydrogen-bond donors (Lipinski definition) is 2. The average Bonchev–Trinajstić information content (AvgIpc) is 2.67. The lowest BCUT2D eigenvalue weighted by Gasteiger charge is -1.91. The summed E-state index contributed by atoms with van der Waals surface area (Å²) in [7, 11) is 0. The molecule has 0 spiro atoms. The van der Waals surface area contributed by atoms with Gasteiger partial charge in [-0.05, 0) is 6.42 Å². The average molecular weight is 214 g/mol. The van der Waals surface area contributed by atoms with Gasteiger partial charge in [0, 0.05) is 18.8 Å². The largest absolute Gasteiger partial charge is 0.368 e. The van der Waals surface area contributed by atoms with Crippen LogP contribution in [0.25, 0.3) is 11.0 Å². The van der Waals surface area contributed by atoms with Crippen molar-refractivity contribution in [1.29, 1.82) is 0 Å². The SMILES string of the molecule is CCCCC#Cc1c[nH]c2nc(N)ncc12. The van der Waals surface area contributed by atoms with Gasteiger partial charge in [0.05, 0.1) is 10.9 Å². The Morgan fingerprint density at radius 1 is 1.50 bits per heavy atom. The minimum absolute atomic E-state index is 0.278. The van der Waals surface area contributed by atoms with E-state index in [2.05, 4.69) is 33.7 Å². The molecule has 82 valence electrons. The van der Waals surface area contributed by atoms with Gasteiger partial charge < -0.3 is 10.7 Å². The second-order valence-electron chi connectivity index (χ2n) is 3.60. The van der Waals surface area contributed by atoms with Crippen LogP contribution in [0.5, 0.6) is 0 Å². The Bertz CT molecular complexity index is 545. The molecule has 0 saturated carbocycles. The molecule has 2 rings (SSSR count). The first-order valence-electron chi connectivity index (χ1n) is 5.39. The Labute approximate surface area is 94.3 Å². The number of fused-ring (bicyclic) bond motifs is 1. The molecule has 0 unspecified atom stereocenters. The van der Waals surface area contributed by atoms with Crippen molar-refractivity contribution < 1.29 is 0 Å². The predicted octanol–water partition coefficient (Wildman–Crippen LogP) is 2.08. The van der Waals surface area contributed by atoms with Crippen molar-refractivity contribution in [2.24, 2.45) is 0 Å². The van der Waals surface area contributed by atoms with Gasteiger partial charge in [-0.15, -0.1) is 0 Å². The van der Waals surface area contributed by atoms with Gasteiger partial charge in [-0.25, -0.2) is 4.98 Å². The number of anilines is 1. The van der Waals surface area contributed by atoms with Crippen molar-refractivity contribution in [2.45, 2.75) is 26.2 Å². The van der Waals surface area contributed by atoms with Gasteiger partial charge in [-0.3, -0.25) is 0 Å². The molecule has 0 radical (unpaired) electrons. The number of hydrogen-bond acceptors (Lipinski definition) is 3. The van der Waals surface area contributed by atoms with E-state index in [4.69, 9.17) is 5.73 Å². The predicted molar refractivity (Wildman–Crippen MR) is 64.7 cm³/mol. The van der Waals surface area contributed by atoms with E-state index in [0.717, 1.165) is 29.4 Å². The summed E-state index contributed by atoms with van der Waals surface area (Å²) in [4.78, 5) is 11.1. The summed E-state index contributed by atoms with van der Waals surface area (Å²) >= 11 is 0. The number of nitrogens with two attached hydrogens (primary N) is 1. The van der Waals surface area contributed by atoms with Crippen molar-refractivity contribution in [3.63, 3.8) is 0 Å². The van der Waals surface area contributed by atoms with Crippen LogP contribution in [0.15, 0.2) is 12.4 Å². The highest BCUT2D eigenvalue weighted by atomic mass is 15.0. The third-order valence-electron chi connectivity index (χ3n) is 2.33. The lowest BCUT2D eigenvalue weighted by atomic mass is 10.2. The summed E-state index contributed by atoms with van der Waals surface area (Å²) < 4.78 is 0. The highest BCUT2D eigenvalue weighted by Crippen LogP contribution is 2.14. The summed E-state index contributed by atoms with van der Waals surface area (Å²) in [5.74, 6) is 6.54. The summed E-state index contributed by atoms with van der Waals surface area (Å²) in [6.45, 7) is 2.16. The molecule has 3 N–H and O–H groups in total. The standard InChI is InChI=1S/C12H14N4/c1-2-3-4-5-6-9-7-14-11-10(9)8-15-12(13)16-11/h7-8H,2-4H2,1H3,(H3,13,14,15,16). The highest BCUT2D eigenvalue weighted by molar-refractivity contribution is 5.82. The van der Waals surface area contributed by atoms with Crippen LogP contribution in [0.2, 0.25) is 0 Å². The highest BCUT2D eigenvalue weighted by Gasteiger charge is 2.02. The molecule has 4 nitrogen and oxygen atoms in total. The van der Waals surface area contributed by atoms with E-state index in [1.807, 2.05) is 6.20 Å². The fourth-order valence-corrected chi connectivity index (χ4v) is 1.45. The number of nitrogens with one attached hydrogen (secondary N) is 1. The molecule has 0 bridgehead atoms. The minimum atomic E-state index is 0.278. The first kappa shape index (κ1) is 10.5. The van der Waals surface area contributed by atoms with Crippen molar-refractivity contribution >= 4 is 17.0 Å². The van der Waals surface area contributed by atoms with E-state index < -0.39 is 0 Å². The van der Waals surface area contributed by atoms with E-state index in [9.17, 15) is 0 Å². The van der Waals surface area contributed by atoms with E-state index in [0.29, 0.717) is 0 Å². The monoisotopic (exact) mass is 214 g/mol. The summed E-state index contributed by atoms with van der Waals surface area (Å²) in [5.41, 5.74) is 7.17. The maximum Gasteiger partial charge on any atom is 0.221 e. The van der Waals surface area contributed by atoms with Crippen molar-refractivity contribution in [3.8, 4) is 11.8 Å². The molecular formula is C12H14N4. The Kier molecular flexibility index (Phi) is 3.06. The Balaban J connectivity index is 2.27. The maximum absolute atomic E-state index is 5.49. The zero-order chi connectivity index (χ0) is 11.4. The molecule has 0 atom stereocenters. The molecule has 0 aromatic carbocycles. The lowest BCUT2D eigenvalue weighted by Crippen LogP contribution is -1.93. The van der Waals surface area contributed by atoms with Crippen LogP contribution < -0.4 is 5.73 Å². The Morgan fingerprint density at radius 3 is 3.19 bits per heavy atom. The topological polar surface area (TPSA) is 67.6 Å². The molecule has 0 aliphatic carbocycles. The molecule has 0 fully saturated rings. The van der Waals surface area contributed by atoms with Crippen molar-refractivity contribution in [2.75, 3.05) is 5.73 Å². The van der Waals surface area contributed by atoms with E-state index in [1.165, 1.54) is 6.42 Å².